The first kappa shape index (κ1) is 17.8. The predicted molar refractivity (Wildman–Crippen MR) is 105 cm³/mol. The second-order valence-corrected chi connectivity index (χ2v) is 6.90. The number of carbonyl (C=O) groups excluding carboxylic acids is 1. The quantitative estimate of drug-likeness (QED) is 0.752. The zero-order valence-electron chi connectivity index (χ0n) is 15.5. The number of morpholine rings is 1. The van der Waals surface area contributed by atoms with E-state index in [0.717, 1.165) is 54.9 Å². The molecule has 27 heavy (non-hydrogen) atoms. The maximum atomic E-state index is 13.0. The van der Waals surface area contributed by atoms with E-state index in [1.807, 2.05) is 49.4 Å². The number of furan rings is 1. The maximum absolute atomic E-state index is 13.0. The number of ether oxygens (including phenoxy) is 1. The molecular weight excluding hydrogens is 340 g/mol. The van der Waals surface area contributed by atoms with Crippen molar-refractivity contribution in [3.8, 4) is 0 Å². The number of hydrogen-bond donors (Lipinski definition) is 1. The van der Waals surface area contributed by atoms with Gasteiger partial charge in [-0.05, 0) is 18.6 Å². The average Bonchev–Trinajstić information content (AvgIpc) is 3.06. The lowest BCUT2D eigenvalue weighted by molar-refractivity contribution is 0.0331. The van der Waals surface area contributed by atoms with Crippen LogP contribution in [-0.4, -0.2) is 43.7 Å². The molecule has 0 radical (unpaired) electrons. The van der Waals surface area contributed by atoms with E-state index < -0.39 is 0 Å². The number of para-hydroxylation sites is 1. The second-order valence-electron chi connectivity index (χ2n) is 6.90. The van der Waals surface area contributed by atoms with Gasteiger partial charge in [-0.1, -0.05) is 48.5 Å². The summed E-state index contributed by atoms with van der Waals surface area (Å²) in [6.07, 6.45) is 0. The molecule has 1 fully saturated rings. The fourth-order valence-corrected chi connectivity index (χ4v) is 3.58. The number of carbonyl (C=O) groups is 1. The number of hydrogen-bond acceptors (Lipinski definition) is 4. The number of amides is 1. The van der Waals surface area contributed by atoms with Gasteiger partial charge < -0.3 is 14.5 Å². The first-order chi connectivity index (χ1) is 13.2. The summed E-state index contributed by atoms with van der Waals surface area (Å²) in [5.41, 5.74) is 2.71. The number of aryl methyl sites for hydroxylation is 1. The van der Waals surface area contributed by atoms with E-state index in [4.69, 9.17) is 9.15 Å². The Morgan fingerprint density at radius 2 is 1.78 bits per heavy atom. The van der Waals surface area contributed by atoms with E-state index in [2.05, 4.69) is 22.3 Å². The molecule has 0 aliphatic carbocycles. The minimum absolute atomic E-state index is 0.107. The average molecular weight is 364 g/mol. The van der Waals surface area contributed by atoms with Crippen molar-refractivity contribution >= 4 is 16.9 Å². The fraction of sp³-hybridized carbons (Fsp3) is 0.318. The first-order valence-electron chi connectivity index (χ1n) is 9.36. The van der Waals surface area contributed by atoms with Crippen LogP contribution in [0.2, 0.25) is 0 Å². The Kier molecular flexibility index (Phi) is 5.23. The van der Waals surface area contributed by atoms with E-state index in [-0.39, 0.29) is 11.9 Å². The lowest BCUT2D eigenvalue weighted by Crippen LogP contribution is -2.43. The summed E-state index contributed by atoms with van der Waals surface area (Å²) in [5.74, 6) is 0.213. The molecule has 5 nitrogen and oxygen atoms in total. The van der Waals surface area contributed by atoms with Gasteiger partial charge in [-0.15, -0.1) is 0 Å². The van der Waals surface area contributed by atoms with E-state index in [0.29, 0.717) is 5.76 Å². The second kappa shape index (κ2) is 7.94. The molecule has 1 unspecified atom stereocenters. The summed E-state index contributed by atoms with van der Waals surface area (Å²) in [5, 5.41) is 4.16. The normalized spacial score (nSPS) is 16.3. The van der Waals surface area contributed by atoms with Gasteiger partial charge in [-0.2, -0.15) is 0 Å². The van der Waals surface area contributed by atoms with Crippen LogP contribution in [0.1, 0.15) is 27.7 Å². The molecule has 0 bridgehead atoms. The highest BCUT2D eigenvalue weighted by atomic mass is 16.5. The number of nitrogens with zero attached hydrogens (tertiary/aromatic N) is 1. The van der Waals surface area contributed by atoms with Gasteiger partial charge in [0.1, 0.15) is 5.58 Å². The van der Waals surface area contributed by atoms with Gasteiger partial charge in [0.25, 0.3) is 5.91 Å². The van der Waals surface area contributed by atoms with Crippen LogP contribution in [0.4, 0.5) is 0 Å². The largest absolute Gasteiger partial charge is 0.451 e. The molecule has 1 aliphatic rings. The molecule has 1 saturated heterocycles. The highest BCUT2D eigenvalue weighted by Crippen LogP contribution is 2.25. The van der Waals surface area contributed by atoms with Crippen LogP contribution in [0.15, 0.2) is 59.0 Å². The third-order valence-corrected chi connectivity index (χ3v) is 5.10. The Balaban J connectivity index is 1.58. The van der Waals surface area contributed by atoms with Crippen LogP contribution in [0.5, 0.6) is 0 Å². The lowest BCUT2D eigenvalue weighted by Gasteiger charge is -2.31. The molecule has 0 spiro atoms. The van der Waals surface area contributed by atoms with Gasteiger partial charge in [-0.3, -0.25) is 9.69 Å². The fourth-order valence-electron chi connectivity index (χ4n) is 3.58. The van der Waals surface area contributed by atoms with Crippen molar-refractivity contribution in [1.82, 2.24) is 10.2 Å². The summed E-state index contributed by atoms with van der Waals surface area (Å²) in [7, 11) is 0. The molecule has 1 N–H and O–H groups in total. The van der Waals surface area contributed by atoms with Crippen LogP contribution in [-0.2, 0) is 4.74 Å². The zero-order valence-corrected chi connectivity index (χ0v) is 15.5. The number of rotatable bonds is 5. The van der Waals surface area contributed by atoms with Crippen LogP contribution in [0.25, 0.3) is 11.0 Å². The van der Waals surface area contributed by atoms with Crippen LogP contribution < -0.4 is 5.32 Å². The summed E-state index contributed by atoms with van der Waals surface area (Å²) >= 11 is 0. The summed E-state index contributed by atoms with van der Waals surface area (Å²) in [4.78, 5) is 15.3. The summed E-state index contributed by atoms with van der Waals surface area (Å²) in [6.45, 7) is 5.90. The molecule has 2 aromatic carbocycles. The lowest BCUT2D eigenvalue weighted by atomic mass is 10.1. The van der Waals surface area contributed by atoms with Crippen molar-refractivity contribution in [2.75, 3.05) is 32.8 Å². The van der Waals surface area contributed by atoms with Gasteiger partial charge in [0.05, 0.1) is 19.3 Å². The van der Waals surface area contributed by atoms with E-state index in [1.54, 1.807) is 0 Å². The predicted octanol–water partition coefficient (Wildman–Crippen LogP) is 3.54. The molecule has 2 heterocycles. The molecule has 3 aromatic rings. The molecule has 4 rings (SSSR count). The molecule has 1 aromatic heterocycles. The monoisotopic (exact) mass is 364 g/mol. The minimum Gasteiger partial charge on any atom is -0.451 e. The highest BCUT2D eigenvalue weighted by Gasteiger charge is 2.24. The number of fused-ring (bicyclic) bond motifs is 1. The van der Waals surface area contributed by atoms with E-state index in [9.17, 15) is 4.79 Å². The standard InChI is InChI=1S/C22H24N2O3/c1-16-18-9-5-6-10-20(18)27-21(16)22(25)23-19(17-7-3-2-4-8-17)15-24-11-13-26-14-12-24/h2-10,19H,11-15H2,1H3,(H,23,25). The van der Waals surface area contributed by atoms with Gasteiger partial charge in [-0.25, -0.2) is 0 Å². The van der Waals surface area contributed by atoms with Crippen molar-refractivity contribution < 1.29 is 13.9 Å². The van der Waals surface area contributed by atoms with Crippen molar-refractivity contribution in [2.24, 2.45) is 0 Å². The third-order valence-electron chi connectivity index (χ3n) is 5.10. The van der Waals surface area contributed by atoms with Crippen molar-refractivity contribution in [2.45, 2.75) is 13.0 Å². The Morgan fingerprint density at radius 3 is 2.52 bits per heavy atom. The van der Waals surface area contributed by atoms with Crippen molar-refractivity contribution in [3.63, 3.8) is 0 Å². The van der Waals surface area contributed by atoms with Crippen LogP contribution in [0.3, 0.4) is 0 Å². The van der Waals surface area contributed by atoms with Crippen LogP contribution >= 0.6 is 0 Å². The number of benzene rings is 2. The van der Waals surface area contributed by atoms with Crippen molar-refractivity contribution in [3.05, 3.63) is 71.5 Å². The molecule has 1 aliphatic heterocycles. The van der Waals surface area contributed by atoms with Gasteiger partial charge in [0, 0.05) is 30.6 Å². The van der Waals surface area contributed by atoms with Gasteiger partial charge in [0.15, 0.2) is 5.76 Å². The molecule has 1 atom stereocenters. The van der Waals surface area contributed by atoms with Crippen molar-refractivity contribution in [1.29, 1.82) is 0 Å². The molecule has 140 valence electrons. The smallest absolute Gasteiger partial charge is 0.287 e. The Labute approximate surface area is 158 Å². The highest BCUT2D eigenvalue weighted by molar-refractivity contribution is 5.99. The van der Waals surface area contributed by atoms with Gasteiger partial charge in [0.2, 0.25) is 0 Å². The zero-order chi connectivity index (χ0) is 18.6. The third kappa shape index (κ3) is 3.89. The molecular formula is C22H24N2O3. The Bertz CT molecular complexity index is 914. The SMILES string of the molecule is Cc1c(C(=O)NC(CN2CCOCC2)c2ccccc2)oc2ccccc12. The number of nitrogens with one attached hydrogen (secondary N) is 1. The van der Waals surface area contributed by atoms with E-state index >= 15 is 0 Å². The van der Waals surface area contributed by atoms with E-state index in [1.165, 1.54) is 0 Å². The summed E-state index contributed by atoms with van der Waals surface area (Å²) < 4.78 is 11.3. The molecule has 5 heteroatoms. The topological polar surface area (TPSA) is 54.7 Å². The maximum Gasteiger partial charge on any atom is 0.287 e. The Hall–Kier alpha value is -2.63. The Morgan fingerprint density at radius 1 is 1.07 bits per heavy atom. The molecule has 0 saturated carbocycles. The molecule has 1 amide bonds. The minimum atomic E-state index is -0.175. The van der Waals surface area contributed by atoms with Gasteiger partial charge >= 0.3 is 0 Å². The first-order valence-corrected chi connectivity index (χ1v) is 9.36. The van der Waals surface area contributed by atoms with Crippen LogP contribution in [0, 0.1) is 6.92 Å². The summed E-state index contributed by atoms with van der Waals surface area (Å²) in [6, 6.07) is 17.7.